The van der Waals surface area contributed by atoms with E-state index in [1.165, 1.54) is 12.1 Å². The van der Waals surface area contributed by atoms with Crippen molar-refractivity contribution in [2.24, 2.45) is 0 Å². The minimum atomic E-state index is -0.611. The maximum atomic E-state index is 11.9. The number of halogens is 1. The summed E-state index contributed by atoms with van der Waals surface area (Å²) in [6.45, 7) is 0. The van der Waals surface area contributed by atoms with Gasteiger partial charge in [0, 0.05) is 23.3 Å². The molecule has 1 aromatic carbocycles. The quantitative estimate of drug-likeness (QED) is 0.586. The molecule has 0 aromatic heterocycles. The number of hydrogen-bond acceptors (Lipinski definition) is 1. The molecule has 62 valence electrons. The van der Waals surface area contributed by atoms with Crippen molar-refractivity contribution in [1.29, 1.82) is 0 Å². The van der Waals surface area contributed by atoms with Crippen LogP contribution in [0, 0.1) is 5.82 Å². The molecule has 0 fully saturated rings. The maximum absolute atomic E-state index is 11.9. The molecule has 0 heterocycles. The van der Waals surface area contributed by atoms with E-state index in [2.05, 4.69) is 0 Å². The molecule has 1 rings (SSSR count). The van der Waals surface area contributed by atoms with Gasteiger partial charge in [-0.25, -0.2) is 4.39 Å². The Kier molecular flexibility index (Phi) is 5.65. The molecule has 0 atom stereocenters. The lowest BCUT2D eigenvalue weighted by molar-refractivity contribution is 0.628. The molecule has 0 saturated heterocycles. The van der Waals surface area contributed by atoms with Gasteiger partial charge in [-0.1, -0.05) is 18.2 Å². The predicted molar refractivity (Wildman–Crippen MR) is 46.4 cm³/mol. The van der Waals surface area contributed by atoms with Crippen molar-refractivity contribution in [2.45, 2.75) is 0 Å². The minimum Gasteiger partial charge on any atom is -0.260 e. The van der Waals surface area contributed by atoms with Gasteiger partial charge in [-0.05, 0) is 12.1 Å². The summed E-state index contributed by atoms with van der Waals surface area (Å²) in [5, 5.41) is 0. The Morgan fingerprint density at radius 2 is 1.55 bits per heavy atom. The first kappa shape index (κ1) is 10.3. The third-order valence-corrected chi connectivity index (χ3v) is 0.733. The van der Waals surface area contributed by atoms with E-state index in [0.29, 0.717) is 0 Å². The highest BCUT2D eigenvalue weighted by atomic mass is 32.2. The van der Waals surface area contributed by atoms with Gasteiger partial charge in [-0.2, -0.15) is 0 Å². The molecule has 0 aliphatic heterocycles. The van der Waals surface area contributed by atoms with Crippen LogP contribution in [0.3, 0.4) is 0 Å². The number of rotatable bonds is 0. The largest absolute Gasteiger partial charge is 0.260 e. The first-order valence-electron chi connectivity index (χ1n) is 3.08. The second-order valence-corrected chi connectivity index (χ2v) is 3.52. The zero-order valence-corrected chi connectivity index (χ0v) is 7.40. The highest BCUT2D eigenvalue weighted by Crippen LogP contribution is 1.91. The summed E-state index contributed by atoms with van der Waals surface area (Å²) in [4.78, 5) is 0. The first-order valence-corrected chi connectivity index (χ1v) is 5.05. The standard InChI is InChI=1S/C6H5F.C2H6OS/c7-6-4-2-1-3-5-6;1-4(2)3/h1-5H;1-2H3. The molecule has 0 aliphatic carbocycles. The fourth-order valence-corrected chi connectivity index (χ4v) is 0.415. The zero-order chi connectivity index (χ0) is 8.69. The Bertz CT molecular complexity index is 207. The van der Waals surface area contributed by atoms with Crippen LogP contribution in [0.15, 0.2) is 30.3 Å². The van der Waals surface area contributed by atoms with E-state index in [1.54, 1.807) is 30.7 Å². The van der Waals surface area contributed by atoms with Gasteiger partial charge in [-0.15, -0.1) is 0 Å². The molecular weight excluding hydrogens is 163 g/mol. The summed E-state index contributed by atoms with van der Waals surface area (Å²) in [7, 11) is -0.611. The summed E-state index contributed by atoms with van der Waals surface area (Å²) >= 11 is 0. The van der Waals surface area contributed by atoms with Crippen LogP contribution in [0.5, 0.6) is 0 Å². The Balaban J connectivity index is 0.000000218. The summed E-state index contributed by atoms with van der Waals surface area (Å²) in [5.41, 5.74) is 0. The molecule has 0 saturated carbocycles. The Morgan fingerprint density at radius 3 is 1.73 bits per heavy atom. The zero-order valence-electron chi connectivity index (χ0n) is 6.58. The molecule has 1 nitrogen and oxygen atoms in total. The van der Waals surface area contributed by atoms with Gasteiger partial charge < -0.3 is 0 Å². The summed E-state index contributed by atoms with van der Waals surface area (Å²) in [6, 6.07) is 7.94. The van der Waals surface area contributed by atoms with E-state index in [1.807, 2.05) is 0 Å². The third-order valence-electron chi connectivity index (χ3n) is 0.733. The molecule has 0 amide bonds. The van der Waals surface area contributed by atoms with Crippen molar-refractivity contribution in [3.63, 3.8) is 0 Å². The van der Waals surface area contributed by atoms with E-state index in [4.69, 9.17) is 0 Å². The van der Waals surface area contributed by atoms with Crippen LogP contribution in [-0.4, -0.2) is 16.7 Å². The molecular formula is C8H11FOS. The van der Waals surface area contributed by atoms with E-state index >= 15 is 0 Å². The van der Waals surface area contributed by atoms with E-state index < -0.39 is 10.8 Å². The molecule has 0 aliphatic rings. The van der Waals surface area contributed by atoms with Crippen LogP contribution in [0.25, 0.3) is 0 Å². The lowest BCUT2D eigenvalue weighted by Crippen LogP contribution is -1.70. The lowest BCUT2D eigenvalue weighted by atomic mass is 10.4. The Labute approximate surface area is 68.7 Å². The monoisotopic (exact) mass is 174 g/mol. The van der Waals surface area contributed by atoms with Gasteiger partial charge in [-0.3, -0.25) is 4.21 Å². The lowest BCUT2D eigenvalue weighted by Gasteiger charge is -1.78. The van der Waals surface area contributed by atoms with E-state index in [9.17, 15) is 8.60 Å². The molecule has 0 bridgehead atoms. The van der Waals surface area contributed by atoms with Crippen molar-refractivity contribution in [1.82, 2.24) is 0 Å². The van der Waals surface area contributed by atoms with Gasteiger partial charge in [0.2, 0.25) is 0 Å². The smallest absolute Gasteiger partial charge is 0.123 e. The second kappa shape index (κ2) is 6.04. The van der Waals surface area contributed by atoms with Crippen molar-refractivity contribution >= 4 is 10.8 Å². The topological polar surface area (TPSA) is 17.1 Å². The normalized spacial score (nSPS) is 8.73. The summed E-state index contributed by atoms with van der Waals surface area (Å²) in [6.07, 6.45) is 3.28. The Hall–Kier alpha value is -0.700. The maximum Gasteiger partial charge on any atom is 0.123 e. The average Bonchev–Trinajstić information content (AvgIpc) is 1.87. The number of benzene rings is 1. The van der Waals surface area contributed by atoms with Crippen LogP contribution in [0.1, 0.15) is 0 Å². The van der Waals surface area contributed by atoms with Crippen LogP contribution >= 0.6 is 0 Å². The molecule has 3 heteroatoms. The van der Waals surface area contributed by atoms with Crippen LogP contribution in [-0.2, 0) is 10.8 Å². The SMILES string of the molecule is CS(C)=O.Fc1ccccc1. The molecule has 0 unspecified atom stereocenters. The van der Waals surface area contributed by atoms with E-state index in [-0.39, 0.29) is 5.82 Å². The molecule has 0 N–H and O–H groups in total. The van der Waals surface area contributed by atoms with E-state index in [0.717, 1.165) is 0 Å². The fraction of sp³-hybridized carbons (Fsp3) is 0.250. The van der Waals surface area contributed by atoms with Crippen molar-refractivity contribution in [2.75, 3.05) is 12.5 Å². The third kappa shape index (κ3) is 9.30. The van der Waals surface area contributed by atoms with Crippen LogP contribution < -0.4 is 0 Å². The van der Waals surface area contributed by atoms with Gasteiger partial charge in [0.05, 0.1) is 0 Å². The molecule has 1 aromatic rings. The second-order valence-electron chi connectivity index (χ2n) is 2.04. The summed E-state index contributed by atoms with van der Waals surface area (Å²) < 4.78 is 21.5. The summed E-state index contributed by atoms with van der Waals surface area (Å²) in [5.74, 6) is -0.178. The van der Waals surface area contributed by atoms with Gasteiger partial charge in [0.15, 0.2) is 0 Å². The highest BCUT2D eigenvalue weighted by molar-refractivity contribution is 7.83. The van der Waals surface area contributed by atoms with Gasteiger partial charge in [0.25, 0.3) is 0 Å². The van der Waals surface area contributed by atoms with Gasteiger partial charge >= 0.3 is 0 Å². The fourth-order valence-electron chi connectivity index (χ4n) is 0.415. The predicted octanol–water partition coefficient (Wildman–Crippen LogP) is 1.82. The average molecular weight is 174 g/mol. The van der Waals surface area contributed by atoms with Crippen LogP contribution in [0.2, 0.25) is 0 Å². The Morgan fingerprint density at radius 1 is 1.18 bits per heavy atom. The highest BCUT2D eigenvalue weighted by Gasteiger charge is 1.77. The van der Waals surface area contributed by atoms with Crippen molar-refractivity contribution < 1.29 is 8.60 Å². The van der Waals surface area contributed by atoms with Gasteiger partial charge in [0.1, 0.15) is 5.82 Å². The first-order chi connectivity index (χ1) is 5.13. The van der Waals surface area contributed by atoms with Crippen LogP contribution in [0.4, 0.5) is 4.39 Å². The molecule has 0 radical (unpaired) electrons. The number of hydrogen-bond donors (Lipinski definition) is 0. The molecule has 0 spiro atoms. The molecule has 11 heavy (non-hydrogen) atoms. The van der Waals surface area contributed by atoms with Crippen molar-refractivity contribution in [3.05, 3.63) is 36.1 Å². The minimum absolute atomic E-state index is 0.178. The van der Waals surface area contributed by atoms with Crippen molar-refractivity contribution in [3.8, 4) is 0 Å².